The lowest BCUT2D eigenvalue weighted by atomic mass is 10.1. The van der Waals surface area contributed by atoms with E-state index < -0.39 is 6.04 Å². The molecule has 29 heavy (non-hydrogen) atoms. The van der Waals surface area contributed by atoms with Crippen molar-refractivity contribution in [2.75, 3.05) is 5.75 Å². The minimum absolute atomic E-state index is 0.0245. The van der Waals surface area contributed by atoms with Crippen molar-refractivity contribution in [3.05, 3.63) is 70.5 Å². The van der Waals surface area contributed by atoms with Gasteiger partial charge in [0, 0.05) is 23.4 Å². The van der Waals surface area contributed by atoms with Crippen LogP contribution in [0.3, 0.4) is 0 Å². The summed E-state index contributed by atoms with van der Waals surface area (Å²) < 4.78 is 13.8. The van der Waals surface area contributed by atoms with E-state index in [0.717, 1.165) is 5.56 Å². The van der Waals surface area contributed by atoms with E-state index in [-0.39, 0.29) is 36.0 Å². The summed E-state index contributed by atoms with van der Waals surface area (Å²) >= 11 is 7.39. The van der Waals surface area contributed by atoms with Crippen LogP contribution < -0.4 is 5.32 Å². The molecule has 1 atom stereocenters. The van der Waals surface area contributed by atoms with Crippen molar-refractivity contribution in [1.29, 1.82) is 0 Å². The number of halogens is 2. The van der Waals surface area contributed by atoms with Crippen molar-refractivity contribution in [2.24, 2.45) is 0 Å². The van der Waals surface area contributed by atoms with Crippen molar-refractivity contribution in [3.63, 3.8) is 0 Å². The van der Waals surface area contributed by atoms with Crippen LogP contribution >= 0.6 is 23.4 Å². The van der Waals surface area contributed by atoms with Gasteiger partial charge in [0.25, 0.3) is 0 Å². The summed E-state index contributed by atoms with van der Waals surface area (Å²) in [5, 5.41) is 3.42. The average molecular weight is 437 g/mol. The molecule has 156 valence electrons. The number of benzene rings is 2. The minimum Gasteiger partial charge on any atom is -0.352 e. The lowest BCUT2D eigenvalue weighted by molar-refractivity contribution is -0.138. The molecule has 4 nitrogen and oxygen atoms in total. The van der Waals surface area contributed by atoms with E-state index in [1.54, 1.807) is 37.3 Å². The van der Waals surface area contributed by atoms with Crippen molar-refractivity contribution in [3.8, 4) is 0 Å². The second-order valence-corrected chi connectivity index (χ2v) is 8.50. The van der Waals surface area contributed by atoms with E-state index in [1.165, 1.54) is 22.7 Å². The summed E-state index contributed by atoms with van der Waals surface area (Å²) in [7, 11) is 0. The number of amides is 2. The van der Waals surface area contributed by atoms with Crippen LogP contribution in [0.4, 0.5) is 4.39 Å². The molecule has 0 fully saturated rings. The zero-order valence-corrected chi connectivity index (χ0v) is 18.4. The minimum atomic E-state index is -0.641. The molecule has 0 radical (unpaired) electrons. The maximum Gasteiger partial charge on any atom is 0.242 e. The predicted molar refractivity (Wildman–Crippen MR) is 117 cm³/mol. The van der Waals surface area contributed by atoms with Crippen LogP contribution in [0.1, 0.15) is 31.9 Å². The number of hydrogen-bond acceptors (Lipinski definition) is 3. The molecule has 0 aliphatic heterocycles. The molecule has 0 bridgehead atoms. The van der Waals surface area contributed by atoms with E-state index >= 15 is 0 Å². The fourth-order valence-electron chi connectivity index (χ4n) is 2.77. The fraction of sp³-hybridized carbons (Fsp3) is 0.364. The van der Waals surface area contributed by atoms with E-state index in [1.807, 2.05) is 26.0 Å². The number of nitrogens with one attached hydrogen (secondary N) is 1. The molecule has 0 aliphatic rings. The summed E-state index contributed by atoms with van der Waals surface area (Å²) in [5.41, 5.74) is 1.39. The molecule has 2 amide bonds. The molecule has 0 aromatic heterocycles. The number of thioether (sulfide) groups is 1. The Labute approximate surface area is 180 Å². The normalized spacial score (nSPS) is 11.9. The number of hydrogen-bond donors (Lipinski definition) is 1. The summed E-state index contributed by atoms with van der Waals surface area (Å²) in [6, 6.07) is 13.1. The van der Waals surface area contributed by atoms with Gasteiger partial charge in [-0.05, 0) is 50.1 Å². The fourth-order valence-corrected chi connectivity index (χ4v) is 3.88. The van der Waals surface area contributed by atoms with Gasteiger partial charge >= 0.3 is 0 Å². The highest BCUT2D eigenvalue weighted by atomic mass is 35.5. The second kappa shape index (κ2) is 11.2. The summed E-state index contributed by atoms with van der Waals surface area (Å²) in [4.78, 5) is 27.0. The quantitative estimate of drug-likeness (QED) is 0.622. The molecule has 2 aromatic rings. The summed E-state index contributed by atoms with van der Waals surface area (Å²) in [5.74, 6) is -0.149. The molecular weight excluding hydrogens is 411 g/mol. The Hall–Kier alpha value is -2.05. The van der Waals surface area contributed by atoms with Gasteiger partial charge in [0.15, 0.2) is 0 Å². The molecule has 1 unspecified atom stereocenters. The van der Waals surface area contributed by atoms with E-state index in [0.29, 0.717) is 16.3 Å². The second-order valence-electron chi connectivity index (χ2n) is 7.08. The largest absolute Gasteiger partial charge is 0.352 e. The Morgan fingerprint density at radius 2 is 1.86 bits per heavy atom. The smallest absolute Gasteiger partial charge is 0.242 e. The first kappa shape index (κ1) is 23.2. The summed E-state index contributed by atoms with van der Waals surface area (Å²) in [6.07, 6.45) is 0. The van der Waals surface area contributed by atoms with Crippen LogP contribution in [0.25, 0.3) is 0 Å². The molecule has 0 saturated heterocycles. The van der Waals surface area contributed by atoms with E-state index in [9.17, 15) is 14.0 Å². The number of nitrogens with zero attached hydrogens (tertiary/aromatic N) is 1. The predicted octanol–water partition coefficient (Wildman–Crippen LogP) is 4.65. The number of carbonyl (C=O) groups is 2. The Morgan fingerprint density at radius 3 is 2.52 bits per heavy atom. The highest BCUT2D eigenvalue weighted by Crippen LogP contribution is 2.19. The van der Waals surface area contributed by atoms with E-state index in [2.05, 4.69) is 5.32 Å². The first-order valence-corrected chi connectivity index (χ1v) is 11.0. The first-order chi connectivity index (χ1) is 13.8. The summed E-state index contributed by atoms with van der Waals surface area (Å²) in [6.45, 7) is 5.73. The van der Waals surface area contributed by atoms with Gasteiger partial charge in [0.1, 0.15) is 11.9 Å². The molecule has 0 saturated carbocycles. The topological polar surface area (TPSA) is 49.4 Å². The lowest BCUT2D eigenvalue weighted by Crippen LogP contribution is -2.49. The molecular formula is C22H26ClFN2O2S. The van der Waals surface area contributed by atoms with Crippen LogP contribution in [-0.2, 0) is 21.9 Å². The Morgan fingerprint density at radius 1 is 1.14 bits per heavy atom. The Balaban J connectivity index is 2.09. The van der Waals surface area contributed by atoms with Crippen molar-refractivity contribution >= 4 is 35.2 Å². The molecule has 2 rings (SSSR count). The van der Waals surface area contributed by atoms with Gasteiger partial charge in [-0.1, -0.05) is 41.9 Å². The highest BCUT2D eigenvalue weighted by molar-refractivity contribution is 7.99. The van der Waals surface area contributed by atoms with Crippen molar-refractivity contribution in [1.82, 2.24) is 10.2 Å². The molecule has 2 aromatic carbocycles. The van der Waals surface area contributed by atoms with Gasteiger partial charge in [0.05, 0.1) is 5.75 Å². The number of rotatable bonds is 9. The van der Waals surface area contributed by atoms with Gasteiger partial charge in [-0.2, -0.15) is 0 Å². The van der Waals surface area contributed by atoms with Crippen molar-refractivity contribution < 1.29 is 14.0 Å². The highest BCUT2D eigenvalue weighted by Gasteiger charge is 2.26. The van der Waals surface area contributed by atoms with Gasteiger partial charge in [0.2, 0.25) is 11.8 Å². The average Bonchev–Trinajstić information content (AvgIpc) is 2.66. The van der Waals surface area contributed by atoms with Gasteiger partial charge in [-0.25, -0.2) is 4.39 Å². The SMILES string of the molecule is CC(C)NC(=O)C(C)N(Cc1cccc(Cl)c1)C(=O)CSCc1ccccc1F. The standard InChI is InChI=1S/C22H26ClFN2O2S/c1-15(2)25-22(28)16(3)26(12-17-7-6-9-19(23)11-17)21(27)14-29-13-18-8-4-5-10-20(18)24/h4-11,15-16H,12-14H2,1-3H3,(H,25,28). The monoisotopic (exact) mass is 436 g/mol. The van der Waals surface area contributed by atoms with Gasteiger partial charge in [-0.3, -0.25) is 9.59 Å². The van der Waals surface area contributed by atoms with Gasteiger partial charge < -0.3 is 10.2 Å². The first-order valence-electron chi connectivity index (χ1n) is 9.43. The van der Waals surface area contributed by atoms with Crippen LogP contribution in [0.15, 0.2) is 48.5 Å². The van der Waals surface area contributed by atoms with Crippen LogP contribution in [0, 0.1) is 5.82 Å². The Kier molecular flexibility index (Phi) is 8.99. The zero-order chi connectivity index (χ0) is 21.4. The zero-order valence-electron chi connectivity index (χ0n) is 16.8. The lowest BCUT2D eigenvalue weighted by Gasteiger charge is -2.29. The van der Waals surface area contributed by atoms with Crippen LogP contribution in [0.5, 0.6) is 0 Å². The molecule has 0 aliphatic carbocycles. The molecule has 1 N–H and O–H groups in total. The van der Waals surface area contributed by atoms with Crippen LogP contribution in [0.2, 0.25) is 5.02 Å². The molecule has 0 heterocycles. The maximum atomic E-state index is 13.8. The molecule has 0 spiro atoms. The van der Waals surface area contributed by atoms with Crippen molar-refractivity contribution in [2.45, 2.75) is 45.2 Å². The maximum absolute atomic E-state index is 13.8. The Bertz CT molecular complexity index is 847. The third-order valence-electron chi connectivity index (χ3n) is 4.28. The molecule has 7 heteroatoms. The third kappa shape index (κ3) is 7.37. The van der Waals surface area contributed by atoms with E-state index in [4.69, 9.17) is 11.6 Å². The third-order valence-corrected chi connectivity index (χ3v) is 5.48. The van der Waals surface area contributed by atoms with Gasteiger partial charge in [-0.15, -0.1) is 11.8 Å². The number of carbonyl (C=O) groups excluding carboxylic acids is 2. The van der Waals surface area contributed by atoms with Crippen LogP contribution in [-0.4, -0.2) is 34.6 Å².